The number of nitrogens with two attached hydrogens (primary N) is 2. The number of aromatic amines is 1. The summed E-state index contributed by atoms with van der Waals surface area (Å²) in [5.74, 6) is 3.18. The van der Waals surface area contributed by atoms with Crippen molar-refractivity contribution in [3.8, 4) is 0 Å². The quantitative estimate of drug-likeness (QED) is 0.797. The summed E-state index contributed by atoms with van der Waals surface area (Å²) < 4.78 is 0. The van der Waals surface area contributed by atoms with Crippen molar-refractivity contribution in [3.05, 3.63) is 46.3 Å². The summed E-state index contributed by atoms with van der Waals surface area (Å²) in [6.45, 7) is 5.68. The average Bonchev–Trinajstić information content (AvgIpc) is 2.87. The van der Waals surface area contributed by atoms with Crippen LogP contribution in [-0.2, 0) is 0 Å². The second-order valence-corrected chi connectivity index (χ2v) is 7.76. The van der Waals surface area contributed by atoms with Crippen molar-refractivity contribution in [1.82, 2.24) is 9.88 Å². The van der Waals surface area contributed by atoms with Gasteiger partial charge in [0.15, 0.2) is 0 Å². The highest BCUT2D eigenvalue weighted by molar-refractivity contribution is 5.69. The van der Waals surface area contributed by atoms with Crippen molar-refractivity contribution >= 4 is 11.9 Å². The lowest BCUT2D eigenvalue weighted by Gasteiger charge is -2.23. The molecular weight excluding hydrogens is 296 g/mol. The number of allylic oxidation sites excluding steroid dienone is 3. The van der Waals surface area contributed by atoms with Gasteiger partial charge in [-0.25, -0.2) is 0 Å². The first-order valence-electron chi connectivity index (χ1n) is 9.01. The first-order chi connectivity index (χ1) is 11.5. The minimum Gasteiger partial charge on any atom is -0.398 e. The lowest BCUT2D eigenvalue weighted by atomic mass is 9.96. The van der Waals surface area contributed by atoms with E-state index in [2.05, 4.69) is 49.0 Å². The molecule has 24 heavy (non-hydrogen) atoms. The Kier molecular flexibility index (Phi) is 3.61. The maximum Gasteiger partial charge on any atom is 0.108 e. The van der Waals surface area contributed by atoms with Gasteiger partial charge in [0.1, 0.15) is 5.82 Å². The first-order valence-corrected chi connectivity index (χ1v) is 9.01. The van der Waals surface area contributed by atoms with E-state index >= 15 is 0 Å². The van der Waals surface area contributed by atoms with Gasteiger partial charge in [0, 0.05) is 23.5 Å². The number of rotatable bonds is 3. The average molecular weight is 324 g/mol. The zero-order chi connectivity index (χ0) is 17.0. The Morgan fingerprint density at radius 3 is 2.79 bits per heavy atom. The van der Waals surface area contributed by atoms with E-state index in [0.717, 1.165) is 53.2 Å². The predicted molar refractivity (Wildman–Crippen MR) is 100.0 cm³/mol. The summed E-state index contributed by atoms with van der Waals surface area (Å²) in [7, 11) is 2.21. The number of fused-ring (bicyclic) bond motifs is 1. The molecule has 1 aromatic rings. The Morgan fingerprint density at radius 1 is 1.33 bits per heavy atom. The van der Waals surface area contributed by atoms with E-state index in [4.69, 9.17) is 11.5 Å². The molecule has 2 aliphatic carbocycles. The van der Waals surface area contributed by atoms with Gasteiger partial charge in [-0.2, -0.15) is 0 Å². The molecule has 0 spiro atoms. The van der Waals surface area contributed by atoms with Crippen LogP contribution in [0.5, 0.6) is 0 Å². The molecule has 0 bridgehead atoms. The molecule has 4 nitrogen and oxygen atoms in total. The lowest BCUT2D eigenvalue weighted by Crippen LogP contribution is -2.23. The number of anilines is 1. The summed E-state index contributed by atoms with van der Waals surface area (Å²) in [5.41, 5.74) is 18.1. The molecule has 1 saturated heterocycles. The third-order valence-corrected chi connectivity index (χ3v) is 6.21. The van der Waals surface area contributed by atoms with E-state index in [1.807, 2.05) is 6.08 Å². The fraction of sp³-hybridized carbons (Fsp3) is 0.500. The highest BCUT2D eigenvalue weighted by atomic mass is 15.2. The number of likely N-dealkylation sites (tertiary alicyclic amines) is 1. The molecule has 0 radical (unpaired) electrons. The standard InChI is InChI=1S/C20H28N4/c1-11-6-4-5-7-14(11)16(21)8-13-9-17(23-20(13)22)19-18-12(2)15(18)10-24(19)3/h6-9,12,15,18-19,23H,4-5,10,21-22H2,1-3H3/b16-8-. The van der Waals surface area contributed by atoms with Crippen molar-refractivity contribution < 1.29 is 0 Å². The zero-order valence-corrected chi connectivity index (χ0v) is 14.8. The van der Waals surface area contributed by atoms with Gasteiger partial charge < -0.3 is 16.5 Å². The molecular formula is C20H28N4. The molecule has 4 unspecified atom stereocenters. The van der Waals surface area contributed by atoms with Crippen molar-refractivity contribution in [2.75, 3.05) is 19.3 Å². The van der Waals surface area contributed by atoms with Crippen LogP contribution in [0.25, 0.3) is 6.08 Å². The van der Waals surface area contributed by atoms with Crippen LogP contribution < -0.4 is 11.5 Å². The Bertz CT molecular complexity index is 752. The van der Waals surface area contributed by atoms with Crippen LogP contribution in [0.15, 0.2) is 35.1 Å². The fourth-order valence-corrected chi connectivity index (χ4v) is 4.75. The van der Waals surface area contributed by atoms with E-state index in [1.54, 1.807) is 0 Å². The summed E-state index contributed by atoms with van der Waals surface area (Å²) in [5, 5.41) is 0. The number of nitrogen functional groups attached to an aromatic ring is 1. The molecule has 1 aliphatic heterocycles. The Labute approximate surface area is 144 Å². The minimum atomic E-state index is 0.464. The van der Waals surface area contributed by atoms with Gasteiger partial charge in [0.25, 0.3) is 0 Å². The molecule has 5 N–H and O–H groups in total. The smallest absolute Gasteiger partial charge is 0.108 e. The molecule has 4 heteroatoms. The van der Waals surface area contributed by atoms with E-state index in [9.17, 15) is 0 Å². The van der Waals surface area contributed by atoms with Crippen LogP contribution in [0.1, 0.15) is 44.0 Å². The molecule has 1 aromatic heterocycles. The van der Waals surface area contributed by atoms with Gasteiger partial charge in [-0.15, -0.1) is 0 Å². The molecule has 0 aromatic carbocycles. The van der Waals surface area contributed by atoms with Crippen LogP contribution in [-0.4, -0.2) is 23.5 Å². The van der Waals surface area contributed by atoms with Crippen LogP contribution in [0.4, 0.5) is 5.82 Å². The van der Waals surface area contributed by atoms with Gasteiger partial charge in [-0.1, -0.05) is 19.1 Å². The largest absolute Gasteiger partial charge is 0.398 e. The number of aromatic nitrogens is 1. The summed E-state index contributed by atoms with van der Waals surface area (Å²) in [6.07, 6.45) is 8.67. The predicted octanol–water partition coefficient (Wildman–Crippen LogP) is 3.43. The second kappa shape index (κ2) is 5.55. The summed E-state index contributed by atoms with van der Waals surface area (Å²) in [6, 6.07) is 2.66. The van der Waals surface area contributed by atoms with Gasteiger partial charge in [0.05, 0.1) is 6.04 Å². The van der Waals surface area contributed by atoms with Gasteiger partial charge >= 0.3 is 0 Å². The van der Waals surface area contributed by atoms with E-state index in [-0.39, 0.29) is 0 Å². The molecule has 0 amide bonds. The second-order valence-electron chi connectivity index (χ2n) is 7.76. The molecule has 2 fully saturated rings. The number of H-pyrrole nitrogens is 1. The van der Waals surface area contributed by atoms with E-state index < -0.39 is 0 Å². The van der Waals surface area contributed by atoms with Crippen molar-refractivity contribution in [3.63, 3.8) is 0 Å². The van der Waals surface area contributed by atoms with Gasteiger partial charge in [-0.3, -0.25) is 4.90 Å². The number of nitrogens with zero attached hydrogens (tertiary/aromatic N) is 1. The van der Waals surface area contributed by atoms with Gasteiger partial charge in [-0.05, 0) is 67.9 Å². The Morgan fingerprint density at radius 2 is 2.08 bits per heavy atom. The van der Waals surface area contributed by atoms with Crippen molar-refractivity contribution in [2.45, 2.75) is 32.7 Å². The molecule has 4 rings (SSSR count). The maximum absolute atomic E-state index is 6.36. The number of hydrogen-bond donors (Lipinski definition) is 3. The third kappa shape index (κ3) is 2.40. The van der Waals surface area contributed by atoms with Crippen molar-refractivity contribution in [2.24, 2.45) is 23.5 Å². The van der Waals surface area contributed by atoms with Crippen molar-refractivity contribution in [1.29, 1.82) is 0 Å². The third-order valence-electron chi connectivity index (χ3n) is 6.21. The molecule has 128 valence electrons. The van der Waals surface area contributed by atoms with Crippen LogP contribution in [0.2, 0.25) is 0 Å². The molecule has 2 heterocycles. The normalized spacial score (nSPS) is 33.2. The van der Waals surface area contributed by atoms with Gasteiger partial charge in [0.2, 0.25) is 0 Å². The number of hydrogen-bond acceptors (Lipinski definition) is 3. The van der Waals surface area contributed by atoms with E-state index in [1.165, 1.54) is 17.8 Å². The molecule has 3 aliphatic rings. The first kappa shape index (κ1) is 15.6. The molecule has 1 saturated carbocycles. The zero-order valence-electron chi connectivity index (χ0n) is 14.8. The van der Waals surface area contributed by atoms with Crippen LogP contribution in [0, 0.1) is 17.8 Å². The maximum atomic E-state index is 6.36. The Balaban J connectivity index is 1.61. The summed E-state index contributed by atoms with van der Waals surface area (Å²) in [4.78, 5) is 5.87. The SMILES string of the molecule is CC1=CCCC=C1/C(N)=C/c1cc(C2C3C(C)C3CN2C)[nH]c1N. The van der Waals surface area contributed by atoms with Crippen LogP contribution in [0.3, 0.4) is 0 Å². The fourth-order valence-electron chi connectivity index (χ4n) is 4.75. The minimum absolute atomic E-state index is 0.464. The summed E-state index contributed by atoms with van der Waals surface area (Å²) >= 11 is 0. The van der Waals surface area contributed by atoms with Crippen LogP contribution >= 0.6 is 0 Å². The Hall–Kier alpha value is -1.94. The van der Waals surface area contributed by atoms with E-state index in [0.29, 0.717) is 6.04 Å². The number of piperidine rings is 1. The monoisotopic (exact) mass is 324 g/mol. The topological polar surface area (TPSA) is 71.1 Å². The molecule has 4 atom stereocenters. The lowest BCUT2D eigenvalue weighted by molar-refractivity contribution is 0.252. The highest BCUT2D eigenvalue weighted by Crippen LogP contribution is 2.60. The number of nitrogens with one attached hydrogen (secondary N) is 1. The highest BCUT2D eigenvalue weighted by Gasteiger charge is 2.58.